The van der Waals surface area contributed by atoms with Crippen molar-refractivity contribution in [2.24, 2.45) is 0 Å². The summed E-state index contributed by atoms with van der Waals surface area (Å²) in [5, 5.41) is 0. The molecule has 1 rings (SSSR count). The van der Waals surface area contributed by atoms with Gasteiger partial charge < -0.3 is 9.47 Å². The SMILES string of the molecule is COC(=O)c1ccc(OCCS(C)(=O)=O)c(C(F)(F)F)c1. The number of hydrogen-bond donors (Lipinski definition) is 0. The zero-order valence-electron chi connectivity index (χ0n) is 11.2. The number of hydrogen-bond acceptors (Lipinski definition) is 5. The van der Waals surface area contributed by atoms with Crippen molar-refractivity contribution in [3.63, 3.8) is 0 Å². The zero-order valence-corrected chi connectivity index (χ0v) is 12.0. The fourth-order valence-corrected chi connectivity index (χ4v) is 1.81. The summed E-state index contributed by atoms with van der Waals surface area (Å²) in [6.07, 6.45) is -3.80. The van der Waals surface area contributed by atoms with Crippen LogP contribution in [0.3, 0.4) is 0 Å². The van der Waals surface area contributed by atoms with E-state index in [0.29, 0.717) is 6.07 Å². The average Bonchev–Trinajstić information content (AvgIpc) is 2.35. The second-order valence-corrected chi connectivity index (χ2v) is 6.44. The predicted molar refractivity (Wildman–Crippen MR) is 68.0 cm³/mol. The first-order valence-corrected chi connectivity index (χ1v) is 7.71. The molecule has 21 heavy (non-hydrogen) atoms. The minimum absolute atomic E-state index is 0.278. The highest BCUT2D eigenvalue weighted by molar-refractivity contribution is 7.90. The van der Waals surface area contributed by atoms with E-state index in [1.165, 1.54) is 0 Å². The minimum Gasteiger partial charge on any atom is -0.492 e. The molecule has 1 aromatic rings. The molecular formula is C12H13F3O5S. The van der Waals surface area contributed by atoms with Crippen molar-refractivity contribution in [1.82, 2.24) is 0 Å². The highest BCUT2D eigenvalue weighted by Gasteiger charge is 2.35. The van der Waals surface area contributed by atoms with Crippen LogP contribution in [0.1, 0.15) is 15.9 Å². The number of benzene rings is 1. The van der Waals surface area contributed by atoms with Gasteiger partial charge in [0, 0.05) is 6.26 Å². The summed E-state index contributed by atoms with van der Waals surface area (Å²) >= 11 is 0. The summed E-state index contributed by atoms with van der Waals surface area (Å²) in [4.78, 5) is 11.2. The van der Waals surface area contributed by atoms with Gasteiger partial charge in [-0.3, -0.25) is 0 Å². The lowest BCUT2D eigenvalue weighted by molar-refractivity contribution is -0.138. The largest absolute Gasteiger partial charge is 0.492 e. The van der Waals surface area contributed by atoms with Gasteiger partial charge in [0.2, 0.25) is 0 Å². The lowest BCUT2D eigenvalue weighted by Crippen LogP contribution is -2.15. The molecule has 0 amide bonds. The number of esters is 1. The summed E-state index contributed by atoms with van der Waals surface area (Å²) < 4.78 is 69.8. The van der Waals surface area contributed by atoms with E-state index in [4.69, 9.17) is 4.74 Å². The molecule has 0 spiro atoms. The van der Waals surface area contributed by atoms with Crippen LogP contribution in [0.15, 0.2) is 18.2 Å². The number of alkyl halides is 3. The molecular weight excluding hydrogens is 313 g/mol. The van der Waals surface area contributed by atoms with Gasteiger partial charge >= 0.3 is 12.1 Å². The van der Waals surface area contributed by atoms with E-state index in [-0.39, 0.29) is 5.56 Å². The smallest absolute Gasteiger partial charge is 0.419 e. The summed E-state index contributed by atoms with van der Waals surface area (Å²) in [7, 11) is -2.30. The average molecular weight is 326 g/mol. The molecule has 0 aliphatic rings. The van der Waals surface area contributed by atoms with E-state index in [1.807, 2.05) is 0 Å². The summed E-state index contributed by atoms with van der Waals surface area (Å²) in [5.41, 5.74) is -1.45. The van der Waals surface area contributed by atoms with Crippen LogP contribution in [0.2, 0.25) is 0 Å². The second-order valence-electron chi connectivity index (χ2n) is 4.18. The lowest BCUT2D eigenvalue weighted by atomic mass is 10.1. The first kappa shape index (κ1) is 17.3. The maximum Gasteiger partial charge on any atom is 0.419 e. The first-order valence-electron chi connectivity index (χ1n) is 5.64. The van der Waals surface area contributed by atoms with Crippen molar-refractivity contribution in [3.05, 3.63) is 29.3 Å². The van der Waals surface area contributed by atoms with Gasteiger partial charge in [0.15, 0.2) is 9.84 Å². The normalized spacial score (nSPS) is 12.0. The fraction of sp³-hybridized carbons (Fsp3) is 0.417. The Morgan fingerprint density at radius 2 is 1.90 bits per heavy atom. The van der Waals surface area contributed by atoms with Gasteiger partial charge in [0.1, 0.15) is 12.4 Å². The van der Waals surface area contributed by atoms with Crippen LogP contribution in [0.5, 0.6) is 5.75 Å². The molecule has 0 aliphatic heterocycles. The second kappa shape index (κ2) is 6.33. The summed E-state index contributed by atoms with van der Waals surface area (Å²) in [6.45, 7) is -0.417. The Morgan fingerprint density at radius 1 is 1.29 bits per heavy atom. The molecule has 0 bridgehead atoms. The van der Waals surface area contributed by atoms with E-state index in [1.54, 1.807) is 0 Å². The Labute approximate surface area is 119 Å². The van der Waals surface area contributed by atoms with E-state index >= 15 is 0 Å². The molecule has 5 nitrogen and oxygen atoms in total. The summed E-state index contributed by atoms with van der Waals surface area (Å²) in [6, 6.07) is 2.66. The van der Waals surface area contributed by atoms with Crippen molar-refractivity contribution < 1.29 is 35.9 Å². The van der Waals surface area contributed by atoms with Crippen LogP contribution in [-0.4, -0.2) is 40.1 Å². The number of rotatable bonds is 5. The monoisotopic (exact) mass is 326 g/mol. The van der Waals surface area contributed by atoms with Gasteiger partial charge in [0.05, 0.1) is 24.0 Å². The molecule has 0 unspecified atom stereocenters. The van der Waals surface area contributed by atoms with Crippen LogP contribution in [-0.2, 0) is 20.8 Å². The summed E-state index contributed by atoms with van der Waals surface area (Å²) in [5.74, 6) is -1.87. The Kier molecular flexibility index (Phi) is 5.21. The Hall–Kier alpha value is -1.77. The molecule has 0 heterocycles. The maximum absolute atomic E-state index is 12.9. The van der Waals surface area contributed by atoms with Crippen LogP contribution in [0.25, 0.3) is 0 Å². The number of sulfone groups is 1. The van der Waals surface area contributed by atoms with Crippen molar-refractivity contribution in [2.75, 3.05) is 25.7 Å². The molecule has 0 atom stereocenters. The van der Waals surface area contributed by atoms with Crippen molar-refractivity contribution in [1.29, 1.82) is 0 Å². The number of ether oxygens (including phenoxy) is 2. The third-order valence-corrected chi connectivity index (χ3v) is 3.33. The molecule has 0 N–H and O–H groups in total. The van der Waals surface area contributed by atoms with Gasteiger partial charge in [-0.25, -0.2) is 13.2 Å². The van der Waals surface area contributed by atoms with Gasteiger partial charge in [-0.2, -0.15) is 13.2 Å². The van der Waals surface area contributed by atoms with Crippen LogP contribution >= 0.6 is 0 Å². The number of halogens is 3. The van der Waals surface area contributed by atoms with Crippen molar-refractivity contribution >= 4 is 15.8 Å². The van der Waals surface area contributed by atoms with Crippen molar-refractivity contribution in [2.45, 2.75) is 6.18 Å². The molecule has 0 radical (unpaired) electrons. The molecule has 118 valence electrons. The van der Waals surface area contributed by atoms with E-state index < -0.39 is 45.7 Å². The number of methoxy groups -OCH3 is 1. The topological polar surface area (TPSA) is 69.7 Å². The Balaban J connectivity index is 3.06. The third kappa shape index (κ3) is 5.25. The van der Waals surface area contributed by atoms with Crippen LogP contribution < -0.4 is 4.74 Å². The molecule has 9 heteroatoms. The number of carbonyl (C=O) groups excluding carboxylic acids is 1. The zero-order chi connectivity index (χ0) is 16.3. The van der Waals surface area contributed by atoms with E-state index in [0.717, 1.165) is 25.5 Å². The minimum atomic E-state index is -4.75. The van der Waals surface area contributed by atoms with E-state index in [9.17, 15) is 26.4 Å². The van der Waals surface area contributed by atoms with Crippen LogP contribution in [0.4, 0.5) is 13.2 Å². The van der Waals surface area contributed by atoms with E-state index in [2.05, 4.69) is 4.74 Å². The Bertz CT molecular complexity index is 622. The standard InChI is InChI=1S/C12H13F3O5S/c1-19-11(16)8-3-4-10(9(7-8)12(13,14)15)20-5-6-21(2,17)18/h3-4,7H,5-6H2,1-2H3. The highest BCUT2D eigenvalue weighted by Crippen LogP contribution is 2.37. The highest BCUT2D eigenvalue weighted by atomic mass is 32.2. The van der Waals surface area contributed by atoms with Gasteiger partial charge in [-0.15, -0.1) is 0 Å². The maximum atomic E-state index is 12.9. The molecule has 1 aromatic carbocycles. The van der Waals surface area contributed by atoms with Crippen LogP contribution in [0, 0.1) is 0 Å². The van der Waals surface area contributed by atoms with Gasteiger partial charge in [0.25, 0.3) is 0 Å². The fourth-order valence-electron chi connectivity index (χ4n) is 1.43. The molecule has 0 aromatic heterocycles. The lowest BCUT2D eigenvalue weighted by Gasteiger charge is -2.14. The third-order valence-electron chi connectivity index (χ3n) is 2.42. The molecule has 0 saturated carbocycles. The van der Waals surface area contributed by atoms with Crippen molar-refractivity contribution in [3.8, 4) is 5.75 Å². The molecule has 0 aliphatic carbocycles. The first-order chi connectivity index (χ1) is 9.54. The Morgan fingerprint density at radius 3 is 2.38 bits per heavy atom. The number of carbonyl (C=O) groups is 1. The predicted octanol–water partition coefficient (Wildman–Crippen LogP) is 1.92. The van der Waals surface area contributed by atoms with Gasteiger partial charge in [-0.05, 0) is 18.2 Å². The molecule has 0 saturated heterocycles. The molecule has 0 fully saturated rings. The van der Waals surface area contributed by atoms with Gasteiger partial charge in [-0.1, -0.05) is 0 Å². The quantitative estimate of drug-likeness (QED) is 0.773.